The van der Waals surface area contributed by atoms with Crippen LogP contribution in [-0.2, 0) is 20.1 Å². The Labute approximate surface area is 265 Å². The summed E-state index contributed by atoms with van der Waals surface area (Å²) in [5.74, 6) is 0.921. The Kier molecular flexibility index (Phi) is 8.58. The number of hydrogen-bond acceptors (Lipinski definition) is 4. The van der Waals surface area contributed by atoms with Crippen molar-refractivity contribution in [3.05, 3.63) is 114 Å². The van der Waals surface area contributed by atoms with Crippen LogP contribution in [0.15, 0.2) is 83.1 Å². The van der Waals surface area contributed by atoms with E-state index in [1.54, 1.807) is 6.20 Å². The summed E-state index contributed by atoms with van der Waals surface area (Å²) in [5.41, 5.74) is 10.2. The molecule has 4 heterocycles. The molecule has 5 aromatic rings. The van der Waals surface area contributed by atoms with E-state index in [1.165, 1.54) is 29.6 Å². The van der Waals surface area contributed by atoms with Gasteiger partial charge in [-0.25, -0.2) is 0 Å². The number of nitrogens with zero attached hydrogens (tertiary/aromatic N) is 3. The van der Waals surface area contributed by atoms with Crippen molar-refractivity contribution < 1.29 is 27.3 Å². The Morgan fingerprint density at radius 2 is 1.83 bits per heavy atom. The molecule has 0 atom stereocenters. The maximum atomic E-state index is 8.55. The van der Waals surface area contributed by atoms with Gasteiger partial charge in [0.05, 0.1) is 13.8 Å². The van der Waals surface area contributed by atoms with Crippen molar-refractivity contribution in [2.45, 2.75) is 71.6 Å². The molecule has 217 valence electrons. The van der Waals surface area contributed by atoms with Crippen LogP contribution >= 0.6 is 0 Å². The van der Waals surface area contributed by atoms with Gasteiger partial charge in [0.2, 0.25) is 0 Å². The molecule has 0 aliphatic heterocycles. The Morgan fingerprint density at radius 3 is 2.60 bits per heavy atom. The van der Waals surface area contributed by atoms with Crippen LogP contribution in [0.3, 0.4) is 0 Å². The van der Waals surface area contributed by atoms with Crippen LogP contribution in [0.4, 0.5) is 0 Å². The molecule has 0 unspecified atom stereocenters. The molecule has 0 bridgehead atoms. The van der Waals surface area contributed by atoms with Gasteiger partial charge in [0, 0.05) is 38.7 Å². The molecule has 0 N–H and O–H groups in total. The molecule has 2 aliphatic rings. The second-order valence-electron chi connectivity index (χ2n) is 11.5. The summed E-state index contributed by atoms with van der Waals surface area (Å²) in [4.78, 5) is 13.5. The van der Waals surface area contributed by atoms with E-state index in [0.29, 0.717) is 34.3 Å². The Morgan fingerprint density at radius 1 is 1.00 bits per heavy atom. The van der Waals surface area contributed by atoms with Crippen molar-refractivity contribution in [1.82, 2.24) is 15.0 Å². The van der Waals surface area contributed by atoms with Gasteiger partial charge in [-0.05, 0) is 78.6 Å². The summed E-state index contributed by atoms with van der Waals surface area (Å²) < 4.78 is 23.1. The maximum Gasteiger partial charge on any atom is 0.139 e. The third-order valence-electron chi connectivity index (χ3n) is 8.03. The van der Waals surface area contributed by atoms with Crippen LogP contribution in [0, 0.1) is 19.4 Å². The van der Waals surface area contributed by atoms with Crippen molar-refractivity contribution in [3.63, 3.8) is 0 Å². The van der Waals surface area contributed by atoms with Crippen LogP contribution in [0.5, 0.6) is 0 Å². The van der Waals surface area contributed by atoms with E-state index in [2.05, 4.69) is 72.5 Å². The minimum absolute atomic E-state index is 0. The number of benzene rings is 1. The zero-order valence-corrected chi connectivity index (χ0v) is 27.0. The van der Waals surface area contributed by atoms with Gasteiger partial charge in [0.1, 0.15) is 5.58 Å². The van der Waals surface area contributed by atoms with Crippen molar-refractivity contribution in [2.24, 2.45) is 0 Å². The van der Waals surface area contributed by atoms with Crippen molar-refractivity contribution in [2.75, 3.05) is 0 Å². The molecular formula is C37H37IrN3O-2. The van der Waals surface area contributed by atoms with Gasteiger partial charge < -0.3 is 14.4 Å². The molecule has 2 aliphatic carbocycles. The fourth-order valence-corrected chi connectivity index (χ4v) is 5.58. The first kappa shape index (κ1) is 27.3. The first-order valence-corrected chi connectivity index (χ1v) is 14.6. The summed E-state index contributed by atoms with van der Waals surface area (Å²) in [7, 11) is 0. The number of rotatable bonds is 4. The van der Waals surface area contributed by atoms with Gasteiger partial charge in [-0.2, -0.15) is 18.1 Å². The van der Waals surface area contributed by atoms with E-state index in [1.807, 2.05) is 37.5 Å². The van der Waals surface area contributed by atoms with Crippen LogP contribution < -0.4 is 0 Å². The molecule has 0 spiro atoms. The SMILES string of the molecule is CC1=CC=C(c2cc(C(C)C)ccn2)[CH-]C1.[2H]c1c(C2CCCC2)cnc(-c2[c-]ccc3c2oc2cc(C)cnc23)c1[2H].[Ir]. The number of aryl methyl sites for hydroxylation is 1. The molecule has 7 rings (SSSR count). The first-order chi connectivity index (χ1) is 20.8. The summed E-state index contributed by atoms with van der Waals surface area (Å²) in [6.45, 7) is 8.55. The predicted octanol–water partition coefficient (Wildman–Crippen LogP) is 9.95. The number of allylic oxidation sites excluding steroid dienone is 4. The van der Waals surface area contributed by atoms with E-state index in [9.17, 15) is 0 Å². The van der Waals surface area contributed by atoms with E-state index in [0.717, 1.165) is 47.0 Å². The van der Waals surface area contributed by atoms with E-state index in [-0.39, 0.29) is 32.2 Å². The molecule has 1 saturated carbocycles. The van der Waals surface area contributed by atoms with E-state index < -0.39 is 0 Å². The standard InChI is InChI=1S/C22H19N2O.C15H18N.Ir/c1-14-11-20-21(24-12-14)18-8-4-7-17(22(18)25-20)19-10-9-16(13-23-19)15-5-2-3-6-15;1-11(2)14-8-9-16-15(10-14)13-6-4-12(3)5-7-13;/h4,8-13,15H,2-3,5-6H2,1H3;4,6-11H,5H2,1-3H3;/q2*-1;/i9D,10D;;. The number of hydrogen-bond donors (Lipinski definition) is 0. The predicted molar refractivity (Wildman–Crippen MR) is 169 cm³/mol. The smallest absolute Gasteiger partial charge is 0.139 e. The quantitative estimate of drug-likeness (QED) is 0.173. The average molecular weight is 734 g/mol. The van der Waals surface area contributed by atoms with Gasteiger partial charge in [0.15, 0.2) is 0 Å². The number of fused-ring (bicyclic) bond motifs is 3. The summed E-state index contributed by atoms with van der Waals surface area (Å²) >= 11 is 0. The summed E-state index contributed by atoms with van der Waals surface area (Å²) in [5, 5.41) is 0.881. The second kappa shape index (κ2) is 13.2. The molecule has 0 amide bonds. The molecule has 1 aromatic carbocycles. The van der Waals surface area contributed by atoms with Crippen LogP contribution in [0.1, 0.15) is 89.8 Å². The van der Waals surface area contributed by atoms with Crippen molar-refractivity contribution in [1.29, 1.82) is 0 Å². The van der Waals surface area contributed by atoms with Crippen LogP contribution in [0.25, 0.3) is 38.9 Å². The molecule has 42 heavy (non-hydrogen) atoms. The summed E-state index contributed by atoms with van der Waals surface area (Å²) in [6.07, 6.45) is 17.7. The monoisotopic (exact) mass is 734 g/mol. The maximum absolute atomic E-state index is 8.55. The van der Waals surface area contributed by atoms with Gasteiger partial charge >= 0.3 is 0 Å². The topological polar surface area (TPSA) is 51.8 Å². The fourth-order valence-electron chi connectivity index (χ4n) is 5.58. The molecule has 4 aromatic heterocycles. The van der Waals surface area contributed by atoms with E-state index >= 15 is 0 Å². The minimum Gasteiger partial charge on any atom is -0.499 e. The Balaban J connectivity index is 0.000000194. The summed E-state index contributed by atoms with van der Waals surface area (Å²) in [6, 6.07) is 13.6. The van der Waals surface area contributed by atoms with Gasteiger partial charge in [-0.3, -0.25) is 4.98 Å². The fraction of sp³-hybridized carbons (Fsp3) is 0.297. The molecule has 5 heteroatoms. The van der Waals surface area contributed by atoms with Crippen molar-refractivity contribution in [3.8, 4) is 11.3 Å². The van der Waals surface area contributed by atoms with Gasteiger partial charge in [-0.15, -0.1) is 24.3 Å². The zero-order chi connectivity index (χ0) is 30.1. The molecular weight excluding hydrogens is 695 g/mol. The molecule has 4 nitrogen and oxygen atoms in total. The molecule has 1 fully saturated rings. The third kappa shape index (κ3) is 6.43. The molecule has 0 saturated heterocycles. The first-order valence-electron chi connectivity index (χ1n) is 15.6. The van der Waals surface area contributed by atoms with Crippen LogP contribution in [-0.4, -0.2) is 15.0 Å². The second-order valence-corrected chi connectivity index (χ2v) is 11.5. The number of furan rings is 1. The zero-order valence-electron chi connectivity index (χ0n) is 26.6. The van der Waals surface area contributed by atoms with Gasteiger partial charge in [0.25, 0.3) is 0 Å². The van der Waals surface area contributed by atoms with Crippen LogP contribution in [0.2, 0.25) is 0 Å². The third-order valence-corrected chi connectivity index (χ3v) is 8.03. The largest absolute Gasteiger partial charge is 0.499 e. The molecule has 1 radical (unpaired) electrons. The van der Waals surface area contributed by atoms with Gasteiger partial charge in [-0.1, -0.05) is 68.0 Å². The Hall–Kier alpha value is -3.53. The van der Waals surface area contributed by atoms with Crippen molar-refractivity contribution >= 4 is 27.6 Å². The number of aromatic nitrogens is 3. The minimum atomic E-state index is 0. The number of pyridine rings is 3. The Bertz CT molecular complexity index is 1870. The van der Waals surface area contributed by atoms with E-state index in [4.69, 9.17) is 7.16 Å². The average Bonchev–Trinajstić information content (AvgIpc) is 3.67. The normalized spacial score (nSPS) is 15.7.